The normalized spacial score (nSPS) is 23.7. The lowest BCUT2D eigenvalue weighted by Gasteiger charge is -2.28. The summed E-state index contributed by atoms with van der Waals surface area (Å²) in [5.74, 6) is 1.18. The number of hydrogen-bond donors (Lipinski definition) is 1. The summed E-state index contributed by atoms with van der Waals surface area (Å²) in [7, 11) is 0. The van der Waals surface area contributed by atoms with E-state index in [2.05, 4.69) is 48.1 Å². The highest BCUT2D eigenvalue weighted by atomic mass is 79.9. The molecule has 1 atom stereocenters. The van der Waals surface area contributed by atoms with Crippen LogP contribution in [0.15, 0.2) is 10.5 Å². The molecule has 110 valence electrons. The fourth-order valence-corrected chi connectivity index (χ4v) is 4.44. The molecule has 1 unspecified atom stereocenters. The van der Waals surface area contributed by atoms with Crippen molar-refractivity contribution in [3.05, 3.63) is 27.2 Å². The Labute approximate surface area is 130 Å². The number of fused-ring (bicyclic) bond motifs is 3. The minimum atomic E-state index is 0.372. The topological polar surface area (TPSA) is 21.3 Å². The van der Waals surface area contributed by atoms with Crippen molar-refractivity contribution in [1.82, 2.24) is 5.32 Å². The van der Waals surface area contributed by atoms with Crippen LogP contribution in [-0.2, 0) is 12.8 Å². The molecule has 0 aromatic heterocycles. The Hall–Kier alpha value is -0.540. The highest BCUT2D eigenvalue weighted by Crippen LogP contribution is 2.47. The van der Waals surface area contributed by atoms with Gasteiger partial charge in [0.2, 0.25) is 0 Å². The summed E-state index contributed by atoms with van der Waals surface area (Å²) in [6.07, 6.45) is 4.60. The number of halogens is 1. The average Bonchev–Trinajstić information content (AvgIpc) is 2.77. The molecule has 20 heavy (non-hydrogen) atoms. The molecule has 1 heterocycles. The van der Waals surface area contributed by atoms with Gasteiger partial charge in [0.05, 0.1) is 6.61 Å². The molecule has 0 saturated carbocycles. The van der Waals surface area contributed by atoms with E-state index in [1.54, 1.807) is 0 Å². The van der Waals surface area contributed by atoms with E-state index in [1.165, 1.54) is 39.8 Å². The minimum Gasteiger partial charge on any atom is -0.493 e. The zero-order chi connectivity index (χ0) is 14.3. The van der Waals surface area contributed by atoms with Crippen molar-refractivity contribution in [1.29, 1.82) is 0 Å². The molecule has 1 aliphatic heterocycles. The number of benzene rings is 1. The van der Waals surface area contributed by atoms with Crippen molar-refractivity contribution in [3.63, 3.8) is 0 Å². The first kappa shape index (κ1) is 14.4. The Morgan fingerprint density at radius 3 is 2.95 bits per heavy atom. The third-order valence-corrected chi connectivity index (χ3v) is 5.33. The summed E-state index contributed by atoms with van der Waals surface area (Å²) in [5.41, 5.74) is 4.64. The molecule has 1 aromatic rings. The van der Waals surface area contributed by atoms with Crippen LogP contribution in [0.25, 0.3) is 0 Å². The second-order valence-electron chi connectivity index (χ2n) is 6.82. The second kappa shape index (κ2) is 5.34. The maximum absolute atomic E-state index is 5.95. The Morgan fingerprint density at radius 2 is 2.20 bits per heavy atom. The second-order valence-corrected chi connectivity index (χ2v) is 7.67. The average molecular weight is 338 g/mol. The van der Waals surface area contributed by atoms with Crippen LogP contribution < -0.4 is 10.1 Å². The van der Waals surface area contributed by atoms with Crippen LogP contribution in [-0.4, -0.2) is 13.2 Å². The van der Waals surface area contributed by atoms with Gasteiger partial charge in [-0.05, 0) is 48.4 Å². The highest BCUT2D eigenvalue weighted by Gasteiger charge is 2.33. The van der Waals surface area contributed by atoms with Gasteiger partial charge in [-0.1, -0.05) is 36.7 Å². The van der Waals surface area contributed by atoms with E-state index in [-0.39, 0.29) is 0 Å². The molecule has 1 aliphatic carbocycles. The number of rotatable bonds is 2. The monoisotopic (exact) mass is 337 g/mol. The summed E-state index contributed by atoms with van der Waals surface area (Å²) in [4.78, 5) is 0. The largest absolute Gasteiger partial charge is 0.493 e. The van der Waals surface area contributed by atoms with Gasteiger partial charge in [0, 0.05) is 22.5 Å². The maximum atomic E-state index is 5.95. The fraction of sp³-hybridized carbons (Fsp3) is 0.647. The lowest BCUT2D eigenvalue weighted by atomic mass is 9.83. The molecule has 3 heteroatoms. The van der Waals surface area contributed by atoms with E-state index >= 15 is 0 Å². The molecule has 0 radical (unpaired) electrons. The van der Waals surface area contributed by atoms with Crippen molar-refractivity contribution >= 4 is 15.9 Å². The SMILES string of the molecule is CCNC1CC(C)(C)CCc2c3c(cc(Br)c21)CCO3. The van der Waals surface area contributed by atoms with Crippen molar-refractivity contribution in [2.45, 2.75) is 52.5 Å². The number of ether oxygens (including phenoxy) is 1. The predicted molar refractivity (Wildman–Crippen MR) is 86.5 cm³/mol. The van der Waals surface area contributed by atoms with E-state index in [0.717, 1.165) is 26.0 Å². The first-order valence-corrected chi connectivity index (χ1v) is 8.51. The maximum Gasteiger partial charge on any atom is 0.126 e. The van der Waals surface area contributed by atoms with Crippen LogP contribution in [0.4, 0.5) is 0 Å². The molecule has 0 amide bonds. The summed E-state index contributed by atoms with van der Waals surface area (Å²) in [5, 5.41) is 3.68. The van der Waals surface area contributed by atoms with E-state index < -0.39 is 0 Å². The highest BCUT2D eigenvalue weighted by molar-refractivity contribution is 9.10. The van der Waals surface area contributed by atoms with Gasteiger partial charge in [-0.25, -0.2) is 0 Å². The Morgan fingerprint density at radius 1 is 1.40 bits per heavy atom. The van der Waals surface area contributed by atoms with Crippen LogP contribution >= 0.6 is 15.9 Å². The number of nitrogens with one attached hydrogen (secondary N) is 1. The smallest absolute Gasteiger partial charge is 0.126 e. The van der Waals surface area contributed by atoms with E-state index in [0.29, 0.717) is 11.5 Å². The molecule has 0 saturated heterocycles. The number of hydrogen-bond acceptors (Lipinski definition) is 2. The van der Waals surface area contributed by atoms with Crippen molar-refractivity contribution in [2.24, 2.45) is 5.41 Å². The molecule has 0 spiro atoms. The summed E-state index contributed by atoms with van der Waals surface area (Å²) in [6.45, 7) is 8.81. The van der Waals surface area contributed by atoms with Gasteiger partial charge in [0.1, 0.15) is 5.75 Å². The summed E-state index contributed by atoms with van der Waals surface area (Å²) >= 11 is 3.82. The summed E-state index contributed by atoms with van der Waals surface area (Å²) < 4.78 is 7.22. The molecule has 2 nitrogen and oxygen atoms in total. The van der Waals surface area contributed by atoms with Gasteiger partial charge < -0.3 is 10.1 Å². The van der Waals surface area contributed by atoms with Gasteiger partial charge in [-0.3, -0.25) is 0 Å². The van der Waals surface area contributed by atoms with Crippen LogP contribution in [0.2, 0.25) is 0 Å². The molecule has 2 aliphatic rings. The van der Waals surface area contributed by atoms with Crippen molar-refractivity contribution in [3.8, 4) is 5.75 Å². The first-order chi connectivity index (χ1) is 9.52. The lowest BCUT2D eigenvalue weighted by molar-refractivity contribution is 0.274. The van der Waals surface area contributed by atoms with Gasteiger partial charge in [0.25, 0.3) is 0 Å². The zero-order valence-electron chi connectivity index (χ0n) is 12.7. The van der Waals surface area contributed by atoms with E-state index in [1.807, 2.05) is 0 Å². The molecule has 0 bridgehead atoms. The predicted octanol–water partition coefficient (Wildman–Crippen LogP) is 4.40. The molecule has 1 N–H and O–H groups in total. The Bertz CT molecular complexity index is 524. The lowest BCUT2D eigenvalue weighted by Crippen LogP contribution is -2.26. The molecule has 3 rings (SSSR count). The third kappa shape index (κ3) is 2.50. The van der Waals surface area contributed by atoms with Gasteiger partial charge in [-0.15, -0.1) is 0 Å². The van der Waals surface area contributed by atoms with Crippen LogP contribution in [0.1, 0.15) is 56.3 Å². The van der Waals surface area contributed by atoms with Crippen LogP contribution in [0.5, 0.6) is 5.75 Å². The van der Waals surface area contributed by atoms with E-state index in [4.69, 9.17) is 4.74 Å². The standard InChI is InChI=1S/C17H24BrNO/c1-4-19-14-10-17(2,3)7-5-12-15(14)13(18)9-11-6-8-20-16(11)12/h9,14,19H,4-8,10H2,1-3H3. The fourth-order valence-electron chi connectivity index (χ4n) is 3.65. The van der Waals surface area contributed by atoms with Gasteiger partial charge >= 0.3 is 0 Å². The Kier molecular flexibility index (Phi) is 3.85. The van der Waals surface area contributed by atoms with Crippen LogP contribution in [0.3, 0.4) is 0 Å². The van der Waals surface area contributed by atoms with Crippen LogP contribution in [0, 0.1) is 5.41 Å². The zero-order valence-corrected chi connectivity index (χ0v) is 14.3. The molecular weight excluding hydrogens is 314 g/mol. The van der Waals surface area contributed by atoms with Gasteiger partial charge in [0.15, 0.2) is 0 Å². The van der Waals surface area contributed by atoms with E-state index in [9.17, 15) is 0 Å². The van der Waals surface area contributed by atoms with Gasteiger partial charge in [-0.2, -0.15) is 0 Å². The molecular formula is C17H24BrNO. The summed E-state index contributed by atoms with van der Waals surface area (Å²) in [6, 6.07) is 2.71. The molecule has 1 aromatic carbocycles. The molecule has 0 fully saturated rings. The minimum absolute atomic E-state index is 0.372. The first-order valence-electron chi connectivity index (χ1n) is 7.72. The third-order valence-electron chi connectivity index (χ3n) is 4.67. The van der Waals surface area contributed by atoms with Crippen molar-refractivity contribution < 1.29 is 4.74 Å². The quantitative estimate of drug-likeness (QED) is 0.807. The van der Waals surface area contributed by atoms with Crippen molar-refractivity contribution in [2.75, 3.05) is 13.2 Å². The Balaban J connectivity index is 2.12.